The Labute approximate surface area is 170 Å². The number of azo groups is 1. The predicted molar refractivity (Wildman–Crippen MR) is 123 cm³/mol. The van der Waals surface area contributed by atoms with E-state index in [1.807, 2.05) is 62.4 Å². The van der Waals surface area contributed by atoms with Gasteiger partial charge in [-0.15, -0.1) is 0 Å². The Bertz CT molecular complexity index is 808. The number of allylic oxidation sites excluding steroid dienone is 4. The highest BCUT2D eigenvalue weighted by Crippen LogP contribution is 2.15. The highest BCUT2D eigenvalue weighted by Gasteiger charge is 2.00. The molecule has 0 aliphatic rings. The van der Waals surface area contributed by atoms with Crippen LogP contribution in [0.2, 0.25) is 0 Å². The van der Waals surface area contributed by atoms with Gasteiger partial charge in [-0.25, -0.2) is 0 Å². The van der Waals surface area contributed by atoms with E-state index in [0.29, 0.717) is 5.70 Å². The fourth-order valence-corrected chi connectivity index (χ4v) is 2.62. The van der Waals surface area contributed by atoms with Gasteiger partial charge in [0.05, 0.1) is 11.4 Å². The first-order valence-corrected chi connectivity index (χ1v) is 9.82. The zero-order valence-corrected chi connectivity index (χ0v) is 17.9. The normalized spacial score (nSPS) is 12.0. The van der Waals surface area contributed by atoms with Crippen LogP contribution in [0.15, 0.2) is 95.0 Å². The summed E-state index contributed by atoms with van der Waals surface area (Å²) in [5.41, 5.74) is 4.88. The molecule has 1 aromatic rings. The molecule has 0 heterocycles. The molecule has 0 atom stereocenters. The van der Waals surface area contributed by atoms with Gasteiger partial charge >= 0.3 is 0 Å². The average molecular weight is 376 g/mol. The maximum absolute atomic E-state index is 4.36. The average Bonchev–Trinajstić information content (AvgIpc) is 2.70. The van der Waals surface area contributed by atoms with Gasteiger partial charge < -0.3 is 4.90 Å². The topological polar surface area (TPSA) is 28.0 Å². The van der Waals surface area contributed by atoms with Crippen LogP contribution < -0.4 is 0 Å². The van der Waals surface area contributed by atoms with Crippen molar-refractivity contribution in [3.63, 3.8) is 0 Å². The Morgan fingerprint density at radius 1 is 1.00 bits per heavy atom. The summed E-state index contributed by atoms with van der Waals surface area (Å²) in [5.74, 6) is 0. The molecule has 0 fully saturated rings. The smallest absolute Gasteiger partial charge is 0.0857 e. The lowest BCUT2D eigenvalue weighted by atomic mass is 10.1. The van der Waals surface area contributed by atoms with Crippen molar-refractivity contribution in [3.8, 4) is 0 Å². The molecule has 28 heavy (non-hydrogen) atoms. The Hall–Kier alpha value is -2.94. The Morgan fingerprint density at radius 2 is 1.71 bits per heavy atom. The summed E-state index contributed by atoms with van der Waals surface area (Å²) >= 11 is 0. The van der Waals surface area contributed by atoms with E-state index in [0.717, 1.165) is 30.0 Å². The molecule has 0 spiro atoms. The maximum Gasteiger partial charge on any atom is 0.0857 e. The molecule has 0 aromatic heterocycles. The molecular weight excluding hydrogens is 342 g/mol. The van der Waals surface area contributed by atoms with Crippen LogP contribution in [-0.2, 0) is 0 Å². The first-order valence-electron chi connectivity index (χ1n) is 9.82. The molecule has 0 saturated heterocycles. The number of aryl methyl sites for hydroxylation is 1. The lowest BCUT2D eigenvalue weighted by Gasteiger charge is -2.21. The van der Waals surface area contributed by atoms with E-state index in [2.05, 4.69) is 66.8 Å². The van der Waals surface area contributed by atoms with Crippen LogP contribution in [0, 0.1) is 6.92 Å². The third kappa shape index (κ3) is 8.17. The van der Waals surface area contributed by atoms with Crippen molar-refractivity contribution in [3.05, 3.63) is 95.9 Å². The molecule has 3 nitrogen and oxygen atoms in total. The van der Waals surface area contributed by atoms with Crippen molar-refractivity contribution in [1.82, 2.24) is 4.90 Å². The second kappa shape index (κ2) is 13.3. The molecule has 148 valence electrons. The van der Waals surface area contributed by atoms with E-state index in [9.17, 15) is 0 Å². The van der Waals surface area contributed by atoms with Gasteiger partial charge in [0.25, 0.3) is 0 Å². The van der Waals surface area contributed by atoms with Gasteiger partial charge in [-0.1, -0.05) is 55.1 Å². The minimum Gasteiger partial charge on any atom is -0.372 e. The minimum absolute atomic E-state index is 0.613. The third-order valence-corrected chi connectivity index (χ3v) is 4.24. The van der Waals surface area contributed by atoms with Crippen LogP contribution in [0.4, 0.5) is 5.69 Å². The van der Waals surface area contributed by atoms with Crippen molar-refractivity contribution in [1.29, 1.82) is 0 Å². The van der Waals surface area contributed by atoms with E-state index in [-0.39, 0.29) is 0 Å². The summed E-state index contributed by atoms with van der Waals surface area (Å²) in [6.07, 6.45) is 10.1. The molecule has 1 aromatic carbocycles. The number of hydrogen-bond donors (Lipinski definition) is 0. The summed E-state index contributed by atoms with van der Waals surface area (Å²) in [6, 6.07) is 14.0. The van der Waals surface area contributed by atoms with Crippen molar-refractivity contribution in [2.24, 2.45) is 10.2 Å². The second-order valence-corrected chi connectivity index (χ2v) is 6.22. The lowest BCUT2D eigenvalue weighted by Crippen LogP contribution is -2.20. The van der Waals surface area contributed by atoms with Crippen LogP contribution >= 0.6 is 0 Å². The number of hydrogen-bond acceptors (Lipinski definition) is 3. The minimum atomic E-state index is 0.613. The summed E-state index contributed by atoms with van der Waals surface area (Å²) in [6.45, 7) is 16.4. The van der Waals surface area contributed by atoms with Crippen LogP contribution in [0.5, 0.6) is 0 Å². The Morgan fingerprint density at radius 3 is 2.36 bits per heavy atom. The van der Waals surface area contributed by atoms with Crippen LogP contribution in [-0.4, -0.2) is 18.0 Å². The summed E-state index contributed by atoms with van der Waals surface area (Å²) < 4.78 is 0. The molecule has 0 aliphatic heterocycles. The van der Waals surface area contributed by atoms with E-state index >= 15 is 0 Å². The molecule has 3 heteroatoms. The van der Waals surface area contributed by atoms with E-state index in [1.54, 1.807) is 0 Å². The molecule has 0 saturated carbocycles. The van der Waals surface area contributed by atoms with Gasteiger partial charge in [0.15, 0.2) is 0 Å². The zero-order valence-electron chi connectivity index (χ0n) is 17.9. The molecule has 1 rings (SSSR count). The highest BCUT2D eigenvalue weighted by atomic mass is 15.1. The first-order chi connectivity index (χ1) is 13.5. The van der Waals surface area contributed by atoms with Crippen molar-refractivity contribution in [2.75, 3.05) is 13.1 Å². The van der Waals surface area contributed by atoms with E-state index in [4.69, 9.17) is 0 Å². The Kier molecular flexibility index (Phi) is 10.9. The zero-order chi connectivity index (χ0) is 20.8. The molecule has 0 unspecified atom stereocenters. The van der Waals surface area contributed by atoms with Gasteiger partial charge in [0.2, 0.25) is 0 Å². The van der Waals surface area contributed by atoms with Crippen LogP contribution in [0.3, 0.4) is 0 Å². The SMILES string of the molecule is C=C(/C=C\C(=C/C)N(CC)CC)N=Nc1cccccc(C)c(C=CC)cc1. The molecule has 0 N–H and O–H groups in total. The fourth-order valence-electron chi connectivity index (χ4n) is 2.62. The predicted octanol–water partition coefficient (Wildman–Crippen LogP) is 7.55. The monoisotopic (exact) mass is 375 g/mol. The quantitative estimate of drug-likeness (QED) is 0.340. The molecule has 0 aliphatic carbocycles. The number of nitrogens with zero attached hydrogens (tertiary/aromatic N) is 3. The second-order valence-electron chi connectivity index (χ2n) is 6.22. The van der Waals surface area contributed by atoms with Gasteiger partial charge in [0.1, 0.15) is 0 Å². The highest BCUT2D eigenvalue weighted by molar-refractivity contribution is 5.53. The number of likely N-dealkylation sites (N-methyl/N-ethyl adjacent to an activating group) is 1. The van der Waals surface area contributed by atoms with Gasteiger partial charge in [-0.3, -0.25) is 0 Å². The molecule has 0 bridgehead atoms. The van der Waals surface area contributed by atoms with Crippen LogP contribution in [0.1, 0.15) is 38.8 Å². The number of rotatable bonds is 8. The fraction of sp³-hybridized carbons (Fsp3) is 0.280. The maximum atomic E-state index is 4.36. The lowest BCUT2D eigenvalue weighted by molar-refractivity contribution is 0.394. The van der Waals surface area contributed by atoms with Crippen molar-refractivity contribution in [2.45, 2.75) is 34.6 Å². The summed E-state index contributed by atoms with van der Waals surface area (Å²) in [4.78, 5) is 2.28. The first kappa shape index (κ1) is 23.1. The van der Waals surface area contributed by atoms with Crippen LogP contribution in [0.25, 0.3) is 6.08 Å². The van der Waals surface area contributed by atoms with Gasteiger partial charge in [0, 0.05) is 18.8 Å². The summed E-state index contributed by atoms with van der Waals surface area (Å²) in [5, 5.41) is 8.63. The van der Waals surface area contributed by atoms with Gasteiger partial charge in [-0.05, 0) is 70.0 Å². The van der Waals surface area contributed by atoms with Gasteiger partial charge in [-0.2, -0.15) is 10.2 Å². The largest absolute Gasteiger partial charge is 0.372 e. The Balaban J connectivity index is 3.08. The van der Waals surface area contributed by atoms with E-state index in [1.165, 1.54) is 5.56 Å². The molecular formula is C25H33N3. The third-order valence-electron chi connectivity index (χ3n) is 4.24. The van der Waals surface area contributed by atoms with E-state index < -0.39 is 0 Å². The van der Waals surface area contributed by atoms with Crippen molar-refractivity contribution < 1.29 is 0 Å². The molecule has 0 amide bonds. The summed E-state index contributed by atoms with van der Waals surface area (Å²) in [7, 11) is 0. The van der Waals surface area contributed by atoms with Crippen molar-refractivity contribution >= 4 is 11.8 Å². The standard InChI is InChI=1S/C25H33N3/c1-7-14-23-18-19-24(16-13-11-12-15-21(23)5)27-26-22(6)17-20-25(8-2)28(9-3)10-4/h7-8,11-20H,6,9-10H2,1-5H3/b12-11?,13-11?,14-7?,15-12?,16-13?,19-18?,20-17-,21-15?,23-18?,23-21?,24-16?,24-19?,25-8+,27-26?. The molecule has 0 radical (unpaired) electrons.